The Hall–Kier alpha value is -2.24. The van der Waals surface area contributed by atoms with Crippen molar-refractivity contribution in [1.29, 1.82) is 0 Å². The molecule has 2 fully saturated rings. The summed E-state index contributed by atoms with van der Waals surface area (Å²) in [6.45, 7) is 4.68. The number of carbonyl (C=O) groups is 1. The Balaban J connectivity index is 1.32. The third kappa shape index (κ3) is 5.03. The maximum atomic E-state index is 13.1. The van der Waals surface area contributed by atoms with Crippen molar-refractivity contribution in [1.82, 2.24) is 9.80 Å². The van der Waals surface area contributed by atoms with E-state index >= 15 is 0 Å². The Morgan fingerprint density at radius 3 is 2.38 bits per heavy atom. The minimum atomic E-state index is 0.231. The molecule has 0 N–H and O–H groups in total. The van der Waals surface area contributed by atoms with Gasteiger partial charge >= 0.3 is 0 Å². The van der Waals surface area contributed by atoms with E-state index < -0.39 is 0 Å². The van der Waals surface area contributed by atoms with E-state index in [9.17, 15) is 4.79 Å². The Kier molecular flexibility index (Phi) is 6.26. The van der Waals surface area contributed by atoms with Crippen molar-refractivity contribution in [2.24, 2.45) is 0 Å². The van der Waals surface area contributed by atoms with E-state index in [2.05, 4.69) is 20.8 Å². The van der Waals surface area contributed by atoms with Crippen LogP contribution in [0.4, 0.5) is 5.69 Å². The van der Waals surface area contributed by atoms with Crippen molar-refractivity contribution < 1.29 is 9.53 Å². The highest BCUT2D eigenvalue weighted by molar-refractivity contribution is 6.33. The third-order valence-corrected chi connectivity index (χ3v) is 6.06. The van der Waals surface area contributed by atoms with Crippen LogP contribution in [-0.2, 0) is 11.3 Å². The second kappa shape index (κ2) is 9.06. The standard InChI is InChI=1S/C23H28ClN3O2/c1-29-20-10-6-18(7-11-20)16-27(19-8-9-19)23(28)17-25-12-14-26(15-13-25)22-5-3-2-4-21(22)24/h2-7,10-11,19H,8-9,12-17H2,1H3. The van der Waals surface area contributed by atoms with E-state index in [1.54, 1.807) is 7.11 Å². The van der Waals surface area contributed by atoms with Crippen LogP contribution in [0.3, 0.4) is 0 Å². The summed E-state index contributed by atoms with van der Waals surface area (Å²) in [5, 5.41) is 0.788. The molecule has 154 valence electrons. The third-order valence-electron chi connectivity index (χ3n) is 5.74. The molecule has 5 nitrogen and oxygen atoms in total. The number of ether oxygens (including phenoxy) is 1. The van der Waals surface area contributed by atoms with Gasteiger partial charge in [-0.05, 0) is 42.7 Å². The lowest BCUT2D eigenvalue weighted by Crippen LogP contribution is -2.50. The van der Waals surface area contributed by atoms with Gasteiger partial charge in [0.15, 0.2) is 0 Å². The van der Waals surface area contributed by atoms with Gasteiger partial charge < -0.3 is 14.5 Å². The van der Waals surface area contributed by atoms with E-state index in [0.717, 1.165) is 61.0 Å². The van der Waals surface area contributed by atoms with Gasteiger partial charge in [-0.25, -0.2) is 0 Å². The molecule has 1 saturated carbocycles. The topological polar surface area (TPSA) is 36.0 Å². The molecule has 0 aromatic heterocycles. The summed E-state index contributed by atoms with van der Waals surface area (Å²) in [5.74, 6) is 1.07. The lowest BCUT2D eigenvalue weighted by atomic mass is 10.2. The Labute approximate surface area is 177 Å². The molecule has 29 heavy (non-hydrogen) atoms. The second-order valence-corrected chi connectivity index (χ2v) is 8.22. The van der Waals surface area contributed by atoms with E-state index in [0.29, 0.717) is 19.1 Å². The number of halogens is 1. The monoisotopic (exact) mass is 413 g/mol. The first-order chi connectivity index (χ1) is 14.1. The first-order valence-corrected chi connectivity index (χ1v) is 10.7. The van der Waals surface area contributed by atoms with Gasteiger partial charge in [0.1, 0.15) is 5.75 Å². The maximum Gasteiger partial charge on any atom is 0.237 e. The molecule has 4 rings (SSSR count). The molecule has 6 heteroatoms. The predicted octanol–water partition coefficient (Wildman–Crippen LogP) is 3.66. The summed E-state index contributed by atoms with van der Waals surface area (Å²) in [4.78, 5) is 19.7. The normalized spacial score (nSPS) is 17.2. The summed E-state index contributed by atoms with van der Waals surface area (Å²) >= 11 is 6.33. The predicted molar refractivity (Wildman–Crippen MR) is 117 cm³/mol. The highest BCUT2D eigenvalue weighted by Crippen LogP contribution is 2.29. The van der Waals surface area contributed by atoms with Crippen LogP contribution >= 0.6 is 11.6 Å². The Morgan fingerprint density at radius 2 is 1.76 bits per heavy atom. The fourth-order valence-electron chi connectivity index (χ4n) is 3.87. The first-order valence-electron chi connectivity index (χ1n) is 10.3. The number of nitrogens with zero attached hydrogens (tertiary/aromatic N) is 3. The van der Waals surface area contributed by atoms with Gasteiger partial charge in [0.25, 0.3) is 0 Å². The number of rotatable bonds is 7. The van der Waals surface area contributed by atoms with Crippen LogP contribution in [0.1, 0.15) is 18.4 Å². The molecule has 2 aromatic carbocycles. The molecule has 1 heterocycles. The number of carbonyl (C=O) groups excluding carboxylic acids is 1. The largest absolute Gasteiger partial charge is 0.497 e. The number of benzene rings is 2. The molecule has 0 atom stereocenters. The summed E-state index contributed by atoms with van der Waals surface area (Å²) < 4.78 is 5.23. The number of amides is 1. The van der Waals surface area contributed by atoms with Gasteiger partial charge in [-0.3, -0.25) is 9.69 Å². The van der Waals surface area contributed by atoms with Crippen LogP contribution in [0.15, 0.2) is 48.5 Å². The van der Waals surface area contributed by atoms with Crippen molar-refractivity contribution in [2.45, 2.75) is 25.4 Å². The fraction of sp³-hybridized carbons (Fsp3) is 0.435. The summed E-state index contributed by atoms with van der Waals surface area (Å²) in [7, 11) is 1.67. The van der Waals surface area contributed by atoms with Gasteiger partial charge in [0.05, 0.1) is 24.4 Å². The number of hydrogen-bond donors (Lipinski definition) is 0. The molecular formula is C23H28ClN3O2. The minimum absolute atomic E-state index is 0.231. The van der Waals surface area contributed by atoms with Gasteiger partial charge in [-0.1, -0.05) is 35.9 Å². The molecular weight excluding hydrogens is 386 g/mol. The molecule has 1 aliphatic heterocycles. The summed E-state index contributed by atoms with van der Waals surface area (Å²) in [5.41, 5.74) is 2.23. The highest BCUT2D eigenvalue weighted by atomic mass is 35.5. The van der Waals surface area contributed by atoms with E-state index in [4.69, 9.17) is 16.3 Å². The summed E-state index contributed by atoms with van der Waals surface area (Å²) in [6, 6.07) is 16.4. The average molecular weight is 414 g/mol. The van der Waals surface area contributed by atoms with Crippen molar-refractivity contribution in [3.8, 4) is 5.75 Å². The summed E-state index contributed by atoms with van der Waals surface area (Å²) in [6.07, 6.45) is 2.23. The van der Waals surface area contributed by atoms with Crippen LogP contribution in [-0.4, -0.2) is 61.6 Å². The van der Waals surface area contributed by atoms with Crippen LogP contribution in [0.5, 0.6) is 5.75 Å². The average Bonchev–Trinajstić information content (AvgIpc) is 3.58. The van der Waals surface area contributed by atoms with Crippen LogP contribution < -0.4 is 9.64 Å². The Bertz CT molecular complexity index is 830. The molecule has 1 saturated heterocycles. The highest BCUT2D eigenvalue weighted by Gasteiger charge is 2.33. The van der Waals surface area contributed by atoms with Crippen LogP contribution in [0.25, 0.3) is 0 Å². The smallest absolute Gasteiger partial charge is 0.237 e. The second-order valence-electron chi connectivity index (χ2n) is 7.82. The number of hydrogen-bond acceptors (Lipinski definition) is 4. The number of piperazine rings is 1. The zero-order valence-corrected chi connectivity index (χ0v) is 17.6. The molecule has 0 spiro atoms. The van der Waals surface area contributed by atoms with Crippen molar-refractivity contribution in [3.05, 3.63) is 59.1 Å². The number of anilines is 1. The van der Waals surface area contributed by atoms with Gasteiger partial charge in [0, 0.05) is 38.8 Å². The van der Waals surface area contributed by atoms with E-state index in [1.165, 1.54) is 0 Å². The van der Waals surface area contributed by atoms with Crippen molar-refractivity contribution in [3.63, 3.8) is 0 Å². The van der Waals surface area contributed by atoms with Crippen LogP contribution in [0.2, 0.25) is 5.02 Å². The zero-order chi connectivity index (χ0) is 20.2. The molecule has 0 unspecified atom stereocenters. The molecule has 1 amide bonds. The van der Waals surface area contributed by atoms with Crippen molar-refractivity contribution >= 4 is 23.2 Å². The molecule has 0 radical (unpaired) electrons. The van der Waals surface area contributed by atoms with Crippen molar-refractivity contribution in [2.75, 3.05) is 44.7 Å². The van der Waals surface area contributed by atoms with E-state index in [-0.39, 0.29) is 5.91 Å². The molecule has 2 aromatic rings. The SMILES string of the molecule is COc1ccc(CN(C(=O)CN2CCN(c3ccccc3Cl)CC2)C2CC2)cc1. The van der Waals surface area contributed by atoms with Gasteiger partial charge in [0.2, 0.25) is 5.91 Å². The fourth-order valence-corrected chi connectivity index (χ4v) is 4.13. The quantitative estimate of drug-likeness (QED) is 0.694. The van der Waals surface area contributed by atoms with Crippen LogP contribution in [0, 0.1) is 0 Å². The molecule has 2 aliphatic rings. The minimum Gasteiger partial charge on any atom is -0.497 e. The molecule has 0 bridgehead atoms. The Morgan fingerprint density at radius 1 is 1.07 bits per heavy atom. The first kappa shape index (κ1) is 20.0. The number of para-hydroxylation sites is 1. The van der Waals surface area contributed by atoms with Gasteiger partial charge in [-0.15, -0.1) is 0 Å². The molecule has 1 aliphatic carbocycles. The van der Waals surface area contributed by atoms with E-state index in [1.807, 2.05) is 42.5 Å². The zero-order valence-electron chi connectivity index (χ0n) is 16.9. The lowest BCUT2D eigenvalue weighted by molar-refractivity contribution is -0.133. The maximum absolute atomic E-state index is 13.1. The van der Waals surface area contributed by atoms with Gasteiger partial charge in [-0.2, -0.15) is 0 Å². The number of methoxy groups -OCH3 is 1. The lowest BCUT2D eigenvalue weighted by Gasteiger charge is -2.37.